The Kier molecular flexibility index (Phi) is 7.14. The summed E-state index contributed by atoms with van der Waals surface area (Å²) in [6, 6.07) is 14.4. The maximum absolute atomic E-state index is 12.7. The molecule has 0 radical (unpaired) electrons. The number of pyridine rings is 1. The summed E-state index contributed by atoms with van der Waals surface area (Å²) < 4.78 is 1.51. The number of fused-ring (bicyclic) bond motifs is 1. The molecule has 0 unspecified atom stereocenters. The molecule has 2 aromatic heterocycles. The second kappa shape index (κ2) is 10.4. The molecule has 2 aromatic carbocycles. The summed E-state index contributed by atoms with van der Waals surface area (Å²) in [5.41, 5.74) is 3.48. The SMILES string of the molecule is C#CCN(Cc1cc2c(=O)n(C)c(C)nc2cc1Cl)c1ccc(C(=O)NCc2cccnc2)cc1. The molecule has 0 bridgehead atoms. The zero-order valence-electron chi connectivity index (χ0n) is 19.5. The summed E-state index contributed by atoms with van der Waals surface area (Å²) in [4.78, 5) is 35.7. The van der Waals surface area contributed by atoms with Gasteiger partial charge in [0.15, 0.2) is 0 Å². The van der Waals surface area contributed by atoms with E-state index < -0.39 is 0 Å². The van der Waals surface area contributed by atoms with Gasteiger partial charge in [0.05, 0.1) is 17.4 Å². The molecule has 2 heterocycles. The van der Waals surface area contributed by atoms with Gasteiger partial charge in [0.2, 0.25) is 0 Å². The van der Waals surface area contributed by atoms with Gasteiger partial charge in [-0.15, -0.1) is 6.42 Å². The van der Waals surface area contributed by atoms with Gasteiger partial charge in [-0.05, 0) is 60.5 Å². The zero-order valence-corrected chi connectivity index (χ0v) is 20.2. The fourth-order valence-electron chi connectivity index (χ4n) is 3.73. The molecule has 0 aliphatic carbocycles. The Morgan fingerprint density at radius 1 is 1.23 bits per heavy atom. The minimum atomic E-state index is -0.180. The third kappa shape index (κ3) is 5.34. The molecule has 35 heavy (non-hydrogen) atoms. The Hall–Kier alpha value is -4.15. The minimum absolute atomic E-state index is 0.129. The normalized spacial score (nSPS) is 10.7. The summed E-state index contributed by atoms with van der Waals surface area (Å²) >= 11 is 6.55. The first-order chi connectivity index (χ1) is 16.9. The van der Waals surface area contributed by atoms with Crippen LogP contribution in [0, 0.1) is 19.3 Å². The fourth-order valence-corrected chi connectivity index (χ4v) is 3.95. The Morgan fingerprint density at radius 3 is 2.69 bits per heavy atom. The number of halogens is 1. The molecule has 0 saturated heterocycles. The van der Waals surface area contributed by atoms with Crippen molar-refractivity contribution >= 4 is 34.1 Å². The van der Waals surface area contributed by atoms with Crippen LogP contribution < -0.4 is 15.8 Å². The van der Waals surface area contributed by atoms with Crippen LogP contribution in [-0.4, -0.2) is 27.0 Å². The lowest BCUT2D eigenvalue weighted by Gasteiger charge is -2.23. The Bertz CT molecular complexity index is 1470. The quantitative estimate of drug-likeness (QED) is 0.402. The first-order valence-corrected chi connectivity index (χ1v) is 11.4. The molecule has 0 atom stereocenters. The minimum Gasteiger partial charge on any atom is -0.356 e. The van der Waals surface area contributed by atoms with Crippen LogP contribution in [0.4, 0.5) is 5.69 Å². The topological polar surface area (TPSA) is 80.1 Å². The highest BCUT2D eigenvalue weighted by molar-refractivity contribution is 6.32. The van der Waals surface area contributed by atoms with E-state index >= 15 is 0 Å². The van der Waals surface area contributed by atoms with Crippen molar-refractivity contribution in [3.8, 4) is 12.3 Å². The van der Waals surface area contributed by atoms with Crippen molar-refractivity contribution in [2.24, 2.45) is 7.05 Å². The van der Waals surface area contributed by atoms with E-state index in [0.29, 0.717) is 46.9 Å². The van der Waals surface area contributed by atoms with Crippen LogP contribution in [0.2, 0.25) is 5.02 Å². The summed E-state index contributed by atoms with van der Waals surface area (Å²) in [7, 11) is 1.69. The van der Waals surface area contributed by atoms with Crippen LogP contribution in [-0.2, 0) is 20.1 Å². The van der Waals surface area contributed by atoms with E-state index in [1.165, 1.54) is 4.57 Å². The van der Waals surface area contributed by atoms with E-state index in [1.54, 1.807) is 50.6 Å². The smallest absolute Gasteiger partial charge is 0.261 e. The second-order valence-electron chi connectivity index (χ2n) is 8.13. The van der Waals surface area contributed by atoms with Crippen molar-refractivity contribution in [3.05, 3.63) is 98.8 Å². The molecule has 4 rings (SSSR count). The predicted molar refractivity (Wildman–Crippen MR) is 138 cm³/mol. The first kappa shape index (κ1) is 24.0. The molecule has 0 saturated carbocycles. The van der Waals surface area contributed by atoms with Crippen LogP contribution >= 0.6 is 11.6 Å². The van der Waals surface area contributed by atoms with E-state index in [2.05, 4.69) is 21.2 Å². The molecule has 0 aliphatic heterocycles. The molecule has 4 aromatic rings. The summed E-state index contributed by atoms with van der Waals surface area (Å²) in [5, 5.41) is 3.89. The third-order valence-electron chi connectivity index (χ3n) is 5.78. The lowest BCUT2D eigenvalue weighted by atomic mass is 10.1. The molecule has 0 aliphatic rings. The maximum Gasteiger partial charge on any atom is 0.261 e. The number of rotatable bonds is 7. The number of nitrogens with one attached hydrogen (secondary N) is 1. The average Bonchev–Trinajstić information content (AvgIpc) is 2.87. The molecule has 1 N–H and O–H groups in total. The monoisotopic (exact) mass is 485 g/mol. The van der Waals surface area contributed by atoms with E-state index in [1.807, 2.05) is 29.2 Å². The highest BCUT2D eigenvalue weighted by Crippen LogP contribution is 2.25. The van der Waals surface area contributed by atoms with Crippen molar-refractivity contribution in [1.82, 2.24) is 19.9 Å². The van der Waals surface area contributed by atoms with Gasteiger partial charge in [-0.3, -0.25) is 19.1 Å². The molecule has 0 spiro atoms. The van der Waals surface area contributed by atoms with Gasteiger partial charge in [-0.25, -0.2) is 4.98 Å². The van der Waals surface area contributed by atoms with Crippen LogP contribution in [0.5, 0.6) is 0 Å². The van der Waals surface area contributed by atoms with Crippen molar-refractivity contribution in [2.45, 2.75) is 20.0 Å². The molecule has 7 nitrogen and oxygen atoms in total. The molecular formula is C27H24ClN5O2. The largest absolute Gasteiger partial charge is 0.356 e. The van der Waals surface area contributed by atoms with Crippen LogP contribution in [0.3, 0.4) is 0 Å². The van der Waals surface area contributed by atoms with Gasteiger partial charge in [0.1, 0.15) is 5.82 Å². The van der Waals surface area contributed by atoms with Gasteiger partial charge in [0, 0.05) is 48.8 Å². The van der Waals surface area contributed by atoms with E-state index in [-0.39, 0.29) is 11.5 Å². The molecule has 176 valence electrons. The number of hydrogen-bond donors (Lipinski definition) is 1. The van der Waals surface area contributed by atoms with Gasteiger partial charge < -0.3 is 10.2 Å². The molecule has 1 amide bonds. The fraction of sp³-hybridized carbons (Fsp3) is 0.185. The van der Waals surface area contributed by atoms with Crippen LogP contribution in [0.15, 0.2) is 65.7 Å². The number of benzene rings is 2. The number of anilines is 1. The Morgan fingerprint density at radius 2 is 2.00 bits per heavy atom. The maximum atomic E-state index is 12.7. The number of carbonyl (C=O) groups excluding carboxylic acids is 1. The Labute approximate surface area is 208 Å². The summed E-state index contributed by atoms with van der Waals surface area (Å²) in [6.45, 7) is 2.89. The average molecular weight is 486 g/mol. The first-order valence-electron chi connectivity index (χ1n) is 11.0. The van der Waals surface area contributed by atoms with Crippen molar-refractivity contribution in [1.29, 1.82) is 0 Å². The standard InChI is InChI=1S/C27H24ClN5O2/c1-4-12-33(17-21-13-23-25(14-24(21)28)31-18(2)32(3)27(23)35)22-9-7-20(8-10-22)26(34)30-16-19-6-5-11-29-15-19/h1,5-11,13-15H,12,16-17H2,2-3H3,(H,30,34). The van der Waals surface area contributed by atoms with Crippen molar-refractivity contribution < 1.29 is 4.79 Å². The van der Waals surface area contributed by atoms with Crippen molar-refractivity contribution in [3.63, 3.8) is 0 Å². The summed E-state index contributed by atoms with van der Waals surface area (Å²) in [6.07, 6.45) is 9.03. The predicted octanol–water partition coefficient (Wildman–Crippen LogP) is 3.86. The van der Waals surface area contributed by atoms with Gasteiger partial charge in [-0.1, -0.05) is 23.6 Å². The number of amides is 1. The second-order valence-corrected chi connectivity index (χ2v) is 8.54. The third-order valence-corrected chi connectivity index (χ3v) is 6.13. The van der Waals surface area contributed by atoms with E-state index in [9.17, 15) is 9.59 Å². The van der Waals surface area contributed by atoms with Crippen LogP contribution in [0.1, 0.15) is 27.3 Å². The van der Waals surface area contributed by atoms with Gasteiger partial charge >= 0.3 is 0 Å². The number of aromatic nitrogens is 3. The summed E-state index contributed by atoms with van der Waals surface area (Å²) in [5.74, 6) is 3.10. The lowest BCUT2D eigenvalue weighted by Crippen LogP contribution is -2.25. The van der Waals surface area contributed by atoms with Crippen LogP contribution in [0.25, 0.3) is 10.9 Å². The molecule has 8 heteroatoms. The number of hydrogen-bond acceptors (Lipinski definition) is 5. The highest BCUT2D eigenvalue weighted by atomic mass is 35.5. The highest BCUT2D eigenvalue weighted by Gasteiger charge is 2.14. The lowest BCUT2D eigenvalue weighted by molar-refractivity contribution is 0.0951. The Balaban J connectivity index is 1.54. The number of terminal acetylenes is 1. The van der Waals surface area contributed by atoms with E-state index in [4.69, 9.17) is 18.0 Å². The van der Waals surface area contributed by atoms with E-state index in [0.717, 1.165) is 16.8 Å². The number of carbonyl (C=O) groups is 1. The van der Waals surface area contributed by atoms with Crippen molar-refractivity contribution in [2.75, 3.05) is 11.4 Å². The van der Waals surface area contributed by atoms with Gasteiger partial charge in [0.25, 0.3) is 11.5 Å². The van der Waals surface area contributed by atoms with Gasteiger partial charge in [-0.2, -0.15) is 0 Å². The zero-order chi connectivity index (χ0) is 24.9. The number of aryl methyl sites for hydroxylation is 1. The molecular weight excluding hydrogens is 462 g/mol. The molecule has 0 fully saturated rings. The number of nitrogens with zero attached hydrogens (tertiary/aromatic N) is 4.